The standard InChI is InChI=1S/C11H20N6O2/c1-11(2,3)14-10(19)7-17-6-8(15-16-17)5-13-9(18)4-12/h6H,4-5,7,12H2,1-3H3,(H,13,18)(H,14,19). The lowest BCUT2D eigenvalue weighted by Crippen LogP contribution is -2.42. The molecule has 106 valence electrons. The smallest absolute Gasteiger partial charge is 0.242 e. The van der Waals surface area contributed by atoms with Crippen LogP contribution in [-0.4, -0.2) is 38.9 Å². The lowest BCUT2D eigenvalue weighted by molar-refractivity contribution is -0.123. The fourth-order valence-electron chi connectivity index (χ4n) is 1.36. The number of hydrogen-bond acceptors (Lipinski definition) is 5. The van der Waals surface area contributed by atoms with Gasteiger partial charge in [-0.2, -0.15) is 0 Å². The Morgan fingerprint density at radius 3 is 2.63 bits per heavy atom. The molecule has 0 aromatic carbocycles. The van der Waals surface area contributed by atoms with Crippen molar-refractivity contribution in [3.63, 3.8) is 0 Å². The average Bonchev–Trinajstić information content (AvgIpc) is 2.70. The van der Waals surface area contributed by atoms with Gasteiger partial charge in [-0.15, -0.1) is 5.10 Å². The summed E-state index contributed by atoms with van der Waals surface area (Å²) in [4.78, 5) is 22.6. The molecule has 0 unspecified atom stereocenters. The molecule has 2 amide bonds. The highest BCUT2D eigenvalue weighted by Gasteiger charge is 2.14. The summed E-state index contributed by atoms with van der Waals surface area (Å²) >= 11 is 0. The summed E-state index contributed by atoms with van der Waals surface area (Å²) in [5.41, 5.74) is 5.45. The van der Waals surface area contributed by atoms with Crippen LogP contribution < -0.4 is 16.4 Å². The van der Waals surface area contributed by atoms with Crippen molar-refractivity contribution < 1.29 is 9.59 Å². The second-order valence-corrected chi connectivity index (χ2v) is 5.19. The lowest BCUT2D eigenvalue weighted by atomic mass is 10.1. The zero-order chi connectivity index (χ0) is 14.5. The molecule has 4 N–H and O–H groups in total. The van der Waals surface area contributed by atoms with Crippen molar-refractivity contribution in [2.24, 2.45) is 5.73 Å². The summed E-state index contributed by atoms with van der Waals surface area (Å²) in [6.07, 6.45) is 1.61. The number of nitrogens with two attached hydrogens (primary N) is 1. The Morgan fingerprint density at radius 2 is 2.05 bits per heavy atom. The Morgan fingerprint density at radius 1 is 1.37 bits per heavy atom. The normalized spacial score (nSPS) is 11.2. The number of carbonyl (C=O) groups excluding carboxylic acids is 2. The van der Waals surface area contributed by atoms with Crippen LogP contribution in [0, 0.1) is 0 Å². The molecule has 8 heteroatoms. The van der Waals surface area contributed by atoms with E-state index in [1.807, 2.05) is 20.8 Å². The number of hydrogen-bond donors (Lipinski definition) is 3. The van der Waals surface area contributed by atoms with Gasteiger partial charge in [-0.05, 0) is 20.8 Å². The molecule has 19 heavy (non-hydrogen) atoms. The van der Waals surface area contributed by atoms with Crippen LogP contribution in [0.4, 0.5) is 0 Å². The minimum atomic E-state index is -0.282. The van der Waals surface area contributed by atoms with Crippen LogP contribution in [0.15, 0.2) is 6.20 Å². The van der Waals surface area contributed by atoms with Gasteiger partial charge in [0.1, 0.15) is 12.2 Å². The van der Waals surface area contributed by atoms with Crippen molar-refractivity contribution in [3.8, 4) is 0 Å². The van der Waals surface area contributed by atoms with E-state index in [4.69, 9.17) is 5.73 Å². The fourth-order valence-corrected chi connectivity index (χ4v) is 1.36. The van der Waals surface area contributed by atoms with Crippen LogP contribution in [-0.2, 0) is 22.7 Å². The van der Waals surface area contributed by atoms with E-state index >= 15 is 0 Å². The number of carbonyl (C=O) groups is 2. The van der Waals surface area contributed by atoms with Gasteiger partial charge in [0, 0.05) is 5.54 Å². The van der Waals surface area contributed by atoms with Crippen LogP contribution in [0.3, 0.4) is 0 Å². The first-order chi connectivity index (χ1) is 8.80. The molecule has 1 heterocycles. The highest BCUT2D eigenvalue weighted by molar-refractivity contribution is 5.77. The van der Waals surface area contributed by atoms with Crippen molar-refractivity contribution in [2.75, 3.05) is 6.54 Å². The van der Waals surface area contributed by atoms with E-state index in [-0.39, 0.29) is 37.0 Å². The summed E-state index contributed by atoms with van der Waals surface area (Å²) < 4.78 is 1.42. The molecule has 1 aromatic heterocycles. The van der Waals surface area contributed by atoms with Crippen LogP contribution in [0.25, 0.3) is 0 Å². The van der Waals surface area contributed by atoms with Crippen LogP contribution in [0.1, 0.15) is 26.5 Å². The molecular formula is C11H20N6O2. The van der Waals surface area contributed by atoms with Gasteiger partial charge in [0.2, 0.25) is 11.8 Å². The minimum absolute atomic E-state index is 0.0673. The molecule has 1 aromatic rings. The fraction of sp³-hybridized carbons (Fsp3) is 0.636. The molecule has 0 radical (unpaired) electrons. The van der Waals surface area contributed by atoms with E-state index < -0.39 is 0 Å². The highest BCUT2D eigenvalue weighted by atomic mass is 16.2. The van der Waals surface area contributed by atoms with Gasteiger partial charge in [-0.1, -0.05) is 5.21 Å². The monoisotopic (exact) mass is 268 g/mol. The number of rotatable bonds is 5. The third kappa shape index (κ3) is 5.96. The van der Waals surface area contributed by atoms with Crippen molar-refractivity contribution in [1.29, 1.82) is 0 Å². The lowest BCUT2D eigenvalue weighted by Gasteiger charge is -2.20. The van der Waals surface area contributed by atoms with Crippen LogP contribution in [0.5, 0.6) is 0 Å². The molecule has 0 aliphatic heterocycles. The molecule has 0 spiro atoms. The first-order valence-electron chi connectivity index (χ1n) is 5.97. The van der Waals surface area contributed by atoms with Gasteiger partial charge in [0.25, 0.3) is 0 Å². The largest absolute Gasteiger partial charge is 0.350 e. The van der Waals surface area contributed by atoms with Crippen molar-refractivity contribution in [1.82, 2.24) is 25.6 Å². The molecule has 0 aliphatic carbocycles. The number of nitrogens with zero attached hydrogens (tertiary/aromatic N) is 3. The first-order valence-corrected chi connectivity index (χ1v) is 5.97. The van der Waals surface area contributed by atoms with Gasteiger partial charge in [-0.25, -0.2) is 4.68 Å². The zero-order valence-corrected chi connectivity index (χ0v) is 11.4. The SMILES string of the molecule is CC(C)(C)NC(=O)Cn1cc(CNC(=O)CN)nn1. The second kappa shape index (κ2) is 6.28. The van der Waals surface area contributed by atoms with Gasteiger partial charge < -0.3 is 16.4 Å². The predicted octanol–water partition coefficient (Wildman–Crippen LogP) is -1.23. The number of aromatic nitrogens is 3. The molecule has 0 atom stereocenters. The van der Waals surface area contributed by atoms with Crippen molar-refractivity contribution >= 4 is 11.8 Å². The van der Waals surface area contributed by atoms with Crippen molar-refractivity contribution in [2.45, 2.75) is 39.4 Å². The first kappa shape index (κ1) is 15.1. The summed E-state index contributed by atoms with van der Waals surface area (Å²) in [6.45, 7) is 5.98. The molecule has 1 rings (SSSR count). The van der Waals surface area contributed by atoms with Crippen LogP contribution >= 0.6 is 0 Å². The van der Waals surface area contributed by atoms with Gasteiger partial charge >= 0.3 is 0 Å². The quantitative estimate of drug-likeness (QED) is 0.618. The molecule has 0 bridgehead atoms. The third-order valence-corrected chi connectivity index (χ3v) is 2.06. The Bertz CT molecular complexity index is 448. The zero-order valence-electron chi connectivity index (χ0n) is 11.4. The Balaban J connectivity index is 2.46. The molecular weight excluding hydrogens is 248 g/mol. The topological polar surface area (TPSA) is 115 Å². The third-order valence-electron chi connectivity index (χ3n) is 2.06. The molecule has 8 nitrogen and oxygen atoms in total. The molecule has 0 saturated heterocycles. The van der Waals surface area contributed by atoms with Crippen molar-refractivity contribution in [3.05, 3.63) is 11.9 Å². The van der Waals surface area contributed by atoms with Gasteiger partial charge in [-0.3, -0.25) is 9.59 Å². The van der Waals surface area contributed by atoms with Gasteiger partial charge in [0.15, 0.2) is 0 Å². The Kier molecular flexibility index (Phi) is 4.99. The maximum atomic E-state index is 11.7. The highest BCUT2D eigenvalue weighted by Crippen LogP contribution is 1.99. The van der Waals surface area contributed by atoms with E-state index in [0.717, 1.165) is 0 Å². The number of amides is 2. The second-order valence-electron chi connectivity index (χ2n) is 5.19. The maximum absolute atomic E-state index is 11.7. The van der Waals surface area contributed by atoms with Gasteiger partial charge in [0.05, 0.1) is 19.3 Å². The van der Waals surface area contributed by atoms with Crippen LogP contribution in [0.2, 0.25) is 0 Å². The van der Waals surface area contributed by atoms with E-state index in [9.17, 15) is 9.59 Å². The minimum Gasteiger partial charge on any atom is -0.350 e. The van der Waals surface area contributed by atoms with E-state index in [2.05, 4.69) is 20.9 Å². The Labute approximate surface area is 111 Å². The van der Waals surface area contributed by atoms with E-state index in [0.29, 0.717) is 5.69 Å². The maximum Gasteiger partial charge on any atom is 0.242 e. The van der Waals surface area contributed by atoms with E-state index in [1.165, 1.54) is 4.68 Å². The predicted molar refractivity (Wildman–Crippen MR) is 68.8 cm³/mol. The Hall–Kier alpha value is -1.96. The summed E-state index contributed by atoms with van der Waals surface area (Å²) in [7, 11) is 0. The number of nitrogens with one attached hydrogen (secondary N) is 2. The summed E-state index contributed by atoms with van der Waals surface area (Å²) in [6, 6.07) is 0. The molecule has 0 fully saturated rings. The molecule has 0 aliphatic rings. The summed E-state index contributed by atoms with van der Waals surface area (Å²) in [5, 5.41) is 13.1. The average molecular weight is 268 g/mol. The molecule has 0 saturated carbocycles. The van der Waals surface area contributed by atoms with E-state index in [1.54, 1.807) is 6.20 Å². The summed E-state index contributed by atoms with van der Waals surface area (Å²) in [5.74, 6) is -0.407.